The molecule has 2 nitrogen and oxygen atoms in total. The zero-order chi connectivity index (χ0) is 10.3. The van der Waals surface area contributed by atoms with Crippen LogP contribution in [-0.4, -0.2) is 19.3 Å². The van der Waals surface area contributed by atoms with Crippen LogP contribution in [0.1, 0.15) is 20.8 Å². The number of fused-ring (bicyclic) bond motifs is 1. The maximum Gasteiger partial charge on any atom is 0.0906 e. The minimum absolute atomic E-state index is 0.195. The van der Waals surface area contributed by atoms with Crippen molar-refractivity contribution in [3.05, 3.63) is 24.3 Å². The Morgan fingerprint density at radius 3 is 2.21 bits per heavy atom. The molecule has 1 aliphatic heterocycles. The second kappa shape index (κ2) is 2.91. The molecule has 0 bridgehead atoms. The Labute approximate surface area is 86.1 Å². The topological polar surface area (TPSA) is 6.48 Å². The Morgan fingerprint density at radius 1 is 1.07 bits per heavy atom. The van der Waals surface area contributed by atoms with Crippen LogP contribution in [0.25, 0.3) is 0 Å². The van der Waals surface area contributed by atoms with Crippen LogP contribution >= 0.6 is 0 Å². The second-order valence-corrected chi connectivity index (χ2v) is 4.93. The summed E-state index contributed by atoms with van der Waals surface area (Å²) < 4.78 is 0. The average molecular weight is 190 g/mol. The highest BCUT2D eigenvalue weighted by molar-refractivity contribution is 5.76. The summed E-state index contributed by atoms with van der Waals surface area (Å²) in [5.41, 5.74) is 2.88. The molecule has 2 heteroatoms. The van der Waals surface area contributed by atoms with E-state index >= 15 is 0 Å². The Morgan fingerprint density at radius 2 is 1.64 bits per heavy atom. The molecule has 0 aromatic heterocycles. The van der Waals surface area contributed by atoms with Gasteiger partial charge in [0.25, 0.3) is 0 Å². The van der Waals surface area contributed by atoms with Gasteiger partial charge in [-0.15, -0.1) is 0 Å². The molecule has 0 aliphatic carbocycles. The van der Waals surface area contributed by atoms with Gasteiger partial charge in [0.05, 0.1) is 18.0 Å². The molecule has 2 rings (SSSR count). The van der Waals surface area contributed by atoms with E-state index in [4.69, 9.17) is 0 Å². The molecule has 0 N–H and O–H groups in total. The van der Waals surface area contributed by atoms with E-state index < -0.39 is 0 Å². The van der Waals surface area contributed by atoms with Gasteiger partial charge in [0, 0.05) is 12.6 Å². The number of para-hydroxylation sites is 2. The molecule has 1 aromatic rings. The van der Waals surface area contributed by atoms with Crippen LogP contribution in [0.2, 0.25) is 0 Å². The lowest BCUT2D eigenvalue weighted by Gasteiger charge is -2.34. The summed E-state index contributed by atoms with van der Waals surface area (Å²) in [5, 5.41) is 0. The molecule has 1 heterocycles. The summed E-state index contributed by atoms with van der Waals surface area (Å²) in [5.74, 6) is 0. The van der Waals surface area contributed by atoms with Crippen molar-refractivity contribution in [2.75, 3.05) is 23.5 Å². The zero-order valence-corrected chi connectivity index (χ0v) is 9.41. The largest absolute Gasteiger partial charge is 0.355 e. The first-order valence-electron chi connectivity index (χ1n) is 5.08. The third-order valence-electron chi connectivity index (χ3n) is 2.75. The lowest BCUT2D eigenvalue weighted by Crippen LogP contribution is -2.42. The second-order valence-electron chi connectivity index (χ2n) is 4.93. The predicted molar refractivity (Wildman–Crippen MR) is 61.9 cm³/mol. The van der Waals surface area contributed by atoms with Crippen LogP contribution in [0.15, 0.2) is 24.3 Å². The summed E-state index contributed by atoms with van der Waals surface area (Å²) in [7, 11) is 2.14. The summed E-state index contributed by atoms with van der Waals surface area (Å²) in [6.45, 7) is 7.75. The third-order valence-corrected chi connectivity index (χ3v) is 2.75. The highest BCUT2D eigenvalue weighted by Crippen LogP contribution is 2.38. The van der Waals surface area contributed by atoms with Crippen molar-refractivity contribution in [1.29, 1.82) is 0 Å². The molecule has 14 heavy (non-hydrogen) atoms. The summed E-state index contributed by atoms with van der Waals surface area (Å²) in [6, 6.07) is 8.59. The number of benzene rings is 1. The fraction of sp³-hybridized carbons (Fsp3) is 0.500. The van der Waals surface area contributed by atoms with E-state index in [0.29, 0.717) is 0 Å². The van der Waals surface area contributed by atoms with Gasteiger partial charge < -0.3 is 9.80 Å². The van der Waals surface area contributed by atoms with E-state index in [1.54, 1.807) is 0 Å². The monoisotopic (exact) mass is 190 g/mol. The molecule has 0 saturated carbocycles. The standard InChI is InChI=1S/C12H18N2/c1-12(2,3)14-9-13(4)10-7-5-6-8-11(10)14/h5-8H,9H2,1-4H3. The van der Waals surface area contributed by atoms with E-state index in [1.165, 1.54) is 11.4 Å². The first-order valence-corrected chi connectivity index (χ1v) is 5.08. The van der Waals surface area contributed by atoms with Crippen LogP contribution in [0.4, 0.5) is 11.4 Å². The number of nitrogens with zero attached hydrogens (tertiary/aromatic N) is 2. The van der Waals surface area contributed by atoms with Crippen molar-refractivity contribution in [3.63, 3.8) is 0 Å². The van der Waals surface area contributed by atoms with Gasteiger partial charge in [0.15, 0.2) is 0 Å². The molecular formula is C12H18N2. The summed E-state index contributed by atoms with van der Waals surface area (Å²) >= 11 is 0. The van der Waals surface area contributed by atoms with E-state index in [0.717, 1.165) is 6.67 Å². The van der Waals surface area contributed by atoms with Gasteiger partial charge in [-0.05, 0) is 32.9 Å². The van der Waals surface area contributed by atoms with Gasteiger partial charge in [-0.25, -0.2) is 0 Å². The van der Waals surface area contributed by atoms with Crippen LogP contribution < -0.4 is 9.80 Å². The van der Waals surface area contributed by atoms with Crippen molar-refractivity contribution in [1.82, 2.24) is 0 Å². The van der Waals surface area contributed by atoms with Gasteiger partial charge in [0.1, 0.15) is 0 Å². The maximum atomic E-state index is 2.43. The molecule has 0 atom stereocenters. The lowest BCUT2D eigenvalue weighted by atomic mass is 10.1. The molecule has 1 aromatic carbocycles. The maximum absolute atomic E-state index is 2.43. The van der Waals surface area contributed by atoms with Crippen molar-refractivity contribution in [2.24, 2.45) is 0 Å². The molecule has 0 unspecified atom stereocenters. The molecular weight excluding hydrogens is 172 g/mol. The molecule has 0 amide bonds. The van der Waals surface area contributed by atoms with Gasteiger partial charge in [-0.3, -0.25) is 0 Å². The van der Waals surface area contributed by atoms with Crippen LogP contribution in [0.3, 0.4) is 0 Å². The average Bonchev–Trinajstić information content (AvgIpc) is 2.44. The van der Waals surface area contributed by atoms with Crippen LogP contribution in [0.5, 0.6) is 0 Å². The van der Waals surface area contributed by atoms with E-state index in [-0.39, 0.29) is 5.54 Å². The molecule has 76 valence electrons. The fourth-order valence-electron chi connectivity index (χ4n) is 1.95. The van der Waals surface area contributed by atoms with Gasteiger partial charge >= 0.3 is 0 Å². The Hall–Kier alpha value is -1.18. The van der Waals surface area contributed by atoms with Crippen LogP contribution in [0, 0.1) is 0 Å². The minimum atomic E-state index is 0.195. The van der Waals surface area contributed by atoms with Crippen molar-refractivity contribution < 1.29 is 0 Å². The SMILES string of the molecule is CN1CN(C(C)(C)C)c2ccccc21. The van der Waals surface area contributed by atoms with Crippen LogP contribution in [-0.2, 0) is 0 Å². The highest BCUT2D eigenvalue weighted by atomic mass is 15.4. The molecule has 1 aliphatic rings. The fourth-order valence-corrected chi connectivity index (χ4v) is 1.95. The van der Waals surface area contributed by atoms with E-state index in [2.05, 4.69) is 61.9 Å². The van der Waals surface area contributed by atoms with Gasteiger partial charge in [-0.2, -0.15) is 0 Å². The predicted octanol–water partition coefficient (Wildman–Crippen LogP) is 2.70. The van der Waals surface area contributed by atoms with Gasteiger partial charge in [-0.1, -0.05) is 12.1 Å². The van der Waals surface area contributed by atoms with Crippen molar-refractivity contribution >= 4 is 11.4 Å². The van der Waals surface area contributed by atoms with Gasteiger partial charge in [0.2, 0.25) is 0 Å². The minimum Gasteiger partial charge on any atom is -0.355 e. The molecule has 0 radical (unpaired) electrons. The van der Waals surface area contributed by atoms with E-state index in [1.807, 2.05) is 0 Å². The summed E-state index contributed by atoms with van der Waals surface area (Å²) in [6.07, 6.45) is 0. The Balaban J connectivity index is 2.44. The third kappa shape index (κ3) is 1.35. The first-order chi connectivity index (χ1) is 6.50. The van der Waals surface area contributed by atoms with Crippen molar-refractivity contribution in [2.45, 2.75) is 26.3 Å². The van der Waals surface area contributed by atoms with Crippen molar-refractivity contribution in [3.8, 4) is 0 Å². The van der Waals surface area contributed by atoms with E-state index in [9.17, 15) is 0 Å². The molecule has 0 fully saturated rings. The lowest BCUT2D eigenvalue weighted by molar-refractivity contribution is 0.516. The quantitative estimate of drug-likeness (QED) is 0.620. The summed E-state index contributed by atoms with van der Waals surface area (Å²) in [4.78, 5) is 4.73. The Kier molecular flexibility index (Phi) is 1.95. The number of hydrogen-bond acceptors (Lipinski definition) is 2. The zero-order valence-electron chi connectivity index (χ0n) is 9.41. The number of anilines is 2. The highest BCUT2D eigenvalue weighted by Gasteiger charge is 2.30. The number of rotatable bonds is 0. The molecule has 0 spiro atoms. The number of hydrogen-bond donors (Lipinski definition) is 0. The smallest absolute Gasteiger partial charge is 0.0906 e. The molecule has 0 saturated heterocycles. The Bertz CT molecular complexity index is 338. The first kappa shape index (κ1) is 9.38. The normalized spacial score (nSPS) is 16.0.